The Labute approximate surface area is 608 Å². The number of fused-ring (bicyclic) bond motifs is 3. The van der Waals surface area contributed by atoms with E-state index in [1.807, 2.05) is 48.5 Å². The van der Waals surface area contributed by atoms with Gasteiger partial charge in [0.05, 0.1) is 31.5 Å². The molecule has 3 saturated carbocycles. The molecule has 0 aromatic heterocycles. The van der Waals surface area contributed by atoms with Gasteiger partial charge in [-0.15, -0.1) is 0 Å². The predicted octanol–water partition coefficient (Wildman–Crippen LogP) is 7.06. The molecule has 6 rings (SSSR count). The van der Waals surface area contributed by atoms with Crippen LogP contribution >= 0.6 is 0 Å². The predicted molar refractivity (Wildman–Crippen MR) is 372 cm³/mol. The Morgan fingerprint density at radius 2 is 1.25 bits per heavy atom. The Bertz CT molecular complexity index is 3050. The molecule has 3 aliphatic heterocycles. The molecule has 23 nitrogen and oxygen atoms in total. The molecular weight excluding hydrogens is 1370 g/mol. The van der Waals surface area contributed by atoms with E-state index in [0.29, 0.717) is 32.1 Å². The maximum atomic E-state index is 15.5. The summed E-state index contributed by atoms with van der Waals surface area (Å²) in [6.07, 6.45) is -12.4. The van der Waals surface area contributed by atoms with E-state index in [-0.39, 0.29) is 96.2 Å². The summed E-state index contributed by atoms with van der Waals surface area (Å²) in [6, 6.07) is -9.85. The van der Waals surface area contributed by atoms with Crippen molar-refractivity contribution < 1.29 is 87.9 Å². The molecule has 104 heavy (non-hydrogen) atoms. The first kappa shape index (κ1) is 86.2. The van der Waals surface area contributed by atoms with E-state index >= 15 is 32.8 Å². The summed E-state index contributed by atoms with van der Waals surface area (Å²) in [4.78, 5) is 176. The Morgan fingerprint density at radius 3 is 1.78 bits per heavy atom. The van der Waals surface area contributed by atoms with Crippen molar-refractivity contribution in [3.8, 4) is 0 Å². The first-order chi connectivity index (χ1) is 48.5. The van der Waals surface area contributed by atoms with Crippen LogP contribution in [-0.4, -0.2) is 277 Å². The molecule has 5 fully saturated rings. The summed E-state index contributed by atoms with van der Waals surface area (Å²) in [7, 11) is 11.4. The van der Waals surface area contributed by atoms with E-state index < -0.39 is 217 Å². The number of nitrogens with one attached hydrogen (secondary N) is 3. The van der Waals surface area contributed by atoms with E-state index in [0.717, 1.165) is 9.80 Å². The fraction of sp³-hybridized carbons (Fsp3) is 0.822. The Balaban J connectivity index is 1.45. The molecule has 6 aliphatic rings. The van der Waals surface area contributed by atoms with Gasteiger partial charge in [-0.1, -0.05) is 86.3 Å². The molecule has 0 radical (unpaired) electrons. The van der Waals surface area contributed by atoms with Crippen LogP contribution in [-0.2, 0) is 52.7 Å². The summed E-state index contributed by atoms with van der Waals surface area (Å²) in [5, 5.41) is 8.92. The average molecular weight is 1490 g/mol. The highest BCUT2D eigenvalue weighted by Gasteiger charge is 2.60. The summed E-state index contributed by atoms with van der Waals surface area (Å²) >= 11 is 0. The second kappa shape index (κ2) is 36.3. The summed E-state index contributed by atoms with van der Waals surface area (Å²) < 4.78 is 115. The lowest BCUT2D eigenvalue weighted by Gasteiger charge is -2.55. The summed E-state index contributed by atoms with van der Waals surface area (Å²) in [5.74, 6) is -14.8. The SMILES string of the molecule is CCC[C@H]1CN[C@@H]([C@@H](C)CC)C(=O)N(C)CC(=O)N(C)[C@H]2C/C=C\CCN(C2=O)[C@@H](CC2CCC(C(F)(F)F)CC2)C(=O)N(C)CC(=O)N[C@@H](CCC2CC(F)C(C(F)(F)F)C(F)C2)C(=O)N2CC[C@H]2C(=O)NC2(CC(C)(C)C2)C(=O)N(C)[C@@H](C(CC)CC)C(=O)N(C)[C@H](C(=O)N(C)C)CC(=O)N1C. The van der Waals surface area contributed by atoms with Crippen molar-refractivity contribution in [2.45, 2.75) is 255 Å². The van der Waals surface area contributed by atoms with Crippen LogP contribution in [0.4, 0.5) is 35.1 Å². The van der Waals surface area contributed by atoms with E-state index in [1.54, 1.807) is 19.2 Å². The Morgan fingerprint density at radius 1 is 0.644 bits per heavy atom. The molecule has 3 aliphatic carbocycles. The largest absolute Gasteiger partial charge is 0.397 e. The van der Waals surface area contributed by atoms with Crippen LogP contribution in [0.2, 0.25) is 0 Å². The van der Waals surface area contributed by atoms with Gasteiger partial charge in [-0.2, -0.15) is 26.3 Å². The normalized spacial score (nSPS) is 31.5. The number of likely N-dealkylation sites (N-methyl/N-ethyl adjacent to an activating group) is 7. The van der Waals surface area contributed by atoms with Crippen LogP contribution in [0.3, 0.4) is 0 Å². The van der Waals surface area contributed by atoms with Gasteiger partial charge in [0.15, 0.2) is 0 Å². The molecule has 31 heteroatoms. The average Bonchev–Trinajstić information content (AvgIpc) is 0.730. The molecule has 0 aromatic carbocycles. The van der Waals surface area contributed by atoms with Crippen LogP contribution in [0.15, 0.2) is 12.2 Å². The number of halogens is 8. The number of nitrogens with zero attached hydrogens (tertiary/aromatic N) is 9. The van der Waals surface area contributed by atoms with Crippen molar-refractivity contribution in [2.24, 2.45) is 40.9 Å². The van der Waals surface area contributed by atoms with Gasteiger partial charge in [0.1, 0.15) is 60.1 Å². The molecule has 3 N–H and O–H groups in total. The molecule has 2 saturated heterocycles. The maximum Gasteiger partial charge on any atom is 0.397 e. The van der Waals surface area contributed by atoms with Crippen molar-refractivity contribution >= 4 is 65.0 Å². The van der Waals surface area contributed by atoms with Crippen molar-refractivity contribution in [1.82, 2.24) is 60.0 Å². The molecule has 11 amide bonds. The number of alkyl halides is 8. The minimum absolute atomic E-state index is 0.0237. The first-order valence-electron chi connectivity index (χ1n) is 37.3. The highest BCUT2D eigenvalue weighted by atomic mass is 19.4. The molecule has 3 heterocycles. The topological polar surface area (TPSA) is 253 Å². The van der Waals surface area contributed by atoms with E-state index in [2.05, 4.69) is 16.0 Å². The van der Waals surface area contributed by atoms with Crippen LogP contribution in [0.25, 0.3) is 0 Å². The fourth-order valence-corrected chi connectivity index (χ4v) is 16.7. The minimum atomic E-state index is -5.20. The van der Waals surface area contributed by atoms with Gasteiger partial charge in [-0.3, -0.25) is 52.7 Å². The number of carbonyl (C=O) groups is 11. The van der Waals surface area contributed by atoms with E-state index in [4.69, 9.17) is 0 Å². The zero-order valence-corrected chi connectivity index (χ0v) is 63.6. The number of carbonyl (C=O) groups excluding carboxylic acids is 11. The highest BCUT2D eigenvalue weighted by Crippen LogP contribution is 2.50. The van der Waals surface area contributed by atoms with Gasteiger partial charge in [0.2, 0.25) is 65.0 Å². The molecular formula is C73H116F8N12O11. The molecule has 11 atom stereocenters. The van der Waals surface area contributed by atoms with Crippen LogP contribution in [0, 0.1) is 40.9 Å². The van der Waals surface area contributed by atoms with Crippen LogP contribution in [0.1, 0.15) is 177 Å². The third-order valence-corrected chi connectivity index (χ3v) is 23.2. The van der Waals surface area contributed by atoms with Gasteiger partial charge < -0.3 is 60.0 Å². The zero-order valence-electron chi connectivity index (χ0n) is 63.6. The second-order valence-electron chi connectivity index (χ2n) is 31.6. The second-order valence-corrected chi connectivity index (χ2v) is 31.6. The van der Waals surface area contributed by atoms with Gasteiger partial charge in [0, 0.05) is 82.1 Å². The van der Waals surface area contributed by atoms with Crippen LogP contribution < -0.4 is 16.0 Å². The lowest BCUT2D eigenvalue weighted by Crippen LogP contribution is -2.73. The molecule has 1 spiro atoms. The molecule has 2 bridgehead atoms. The van der Waals surface area contributed by atoms with Gasteiger partial charge >= 0.3 is 12.4 Å². The van der Waals surface area contributed by atoms with Gasteiger partial charge in [-0.05, 0) is 125 Å². The van der Waals surface area contributed by atoms with E-state index in [1.165, 1.54) is 83.6 Å². The molecule has 0 aromatic rings. The van der Waals surface area contributed by atoms with Gasteiger partial charge in [-0.25, -0.2) is 8.78 Å². The summed E-state index contributed by atoms with van der Waals surface area (Å²) in [6.45, 7) is 11.5. The smallest absolute Gasteiger partial charge is 0.347 e. The Hall–Kier alpha value is -6.69. The highest BCUT2D eigenvalue weighted by molar-refractivity contribution is 6.01. The Kier molecular flexibility index (Phi) is 30.1. The van der Waals surface area contributed by atoms with Crippen LogP contribution in [0.5, 0.6) is 0 Å². The van der Waals surface area contributed by atoms with Crippen molar-refractivity contribution in [1.29, 1.82) is 0 Å². The van der Waals surface area contributed by atoms with Crippen molar-refractivity contribution in [3.05, 3.63) is 12.2 Å². The fourth-order valence-electron chi connectivity index (χ4n) is 16.7. The van der Waals surface area contributed by atoms with Crippen molar-refractivity contribution in [3.63, 3.8) is 0 Å². The lowest BCUT2D eigenvalue weighted by molar-refractivity contribution is -0.219. The monoisotopic (exact) mass is 1490 g/mol. The van der Waals surface area contributed by atoms with Crippen molar-refractivity contribution in [2.75, 3.05) is 89.1 Å². The third-order valence-electron chi connectivity index (χ3n) is 23.2. The number of amides is 11. The number of rotatable bonds is 13. The quantitative estimate of drug-likeness (QED) is 0.124. The standard InChI is InChI=1S/C73H116F8N12O11/c1-16-23-48-38-82-60(43(5)17-2)67(102)87(11)40-58(96)89(13)53-24-21-20-22-32-92(66(53)101)55(36-44-25-28-47(29-26-44)72(76,77)78)65(100)86(10)39-56(94)83-51(30-27-45-34-49(74)59(50(75)35-45)73(79,80)81)63(98)93-33-31-52(93)62(97)84-71(41-70(6,7)42-71)69(104)91(15)61(46(18-3)19-4)68(103)90(14)54(64(99)85(8)9)37-57(95)88(48)12/h20-21,43-55,59-61,82H,16-19,22-42H2,1-15H3,(H,83,94)(H,84,97)/b21-20-/t43-,44?,45?,47?,48-,49?,50?,51-,52-,53-,54-,55-,59?,60-,61-/m0/s1. The minimum Gasteiger partial charge on any atom is -0.347 e. The molecule has 590 valence electrons. The first-order valence-corrected chi connectivity index (χ1v) is 37.3. The molecule has 2 unspecified atom stereocenters. The zero-order chi connectivity index (χ0) is 78.0. The number of hydrogen-bond donors (Lipinski definition) is 3. The maximum absolute atomic E-state index is 15.5. The lowest BCUT2D eigenvalue weighted by atomic mass is 9.58. The summed E-state index contributed by atoms with van der Waals surface area (Å²) in [5.41, 5.74) is -2.24. The third kappa shape index (κ3) is 20.7. The van der Waals surface area contributed by atoms with E-state index in [9.17, 15) is 55.1 Å². The number of hydrogen-bond acceptors (Lipinski definition) is 12. The van der Waals surface area contributed by atoms with Gasteiger partial charge in [0.25, 0.3) is 0 Å².